The lowest BCUT2D eigenvalue weighted by atomic mass is 10.1. The minimum absolute atomic E-state index is 0.0567. The minimum Gasteiger partial charge on any atom is -0.488 e. The number of sulfone groups is 1. The fourth-order valence-electron chi connectivity index (χ4n) is 6.12. The van der Waals surface area contributed by atoms with Gasteiger partial charge < -0.3 is 34.0 Å². The first kappa shape index (κ1) is 38.2. The molecule has 1 amide bonds. The predicted octanol–water partition coefficient (Wildman–Crippen LogP) is 6.36. The highest BCUT2D eigenvalue weighted by Gasteiger charge is 2.45. The Labute approximate surface area is 280 Å². The number of rotatable bonds is 17. The SMILES string of the molecule is COC[C@H](C)Oc1cc(Oc2ccc(S(C)(=O)=O)nc2)cc(-c2ccc(C(=O)N[C@H](CO[Si](C(C)C)(C(C)C)C(C)C)[C@@H](C)O)[nH]2)c1. The number of nitrogens with zero attached hydrogens (tertiary/aromatic N) is 1. The molecule has 0 unspecified atom stereocenters. The number of aromatic nitrogens is 2. The predicted molar refractivity (Wildman–Crippen MR) is 186 cm³/mol. The van der Waals surface area contributed by atoms with E-state index < -0.39 is 30.3 Å². The van der Waals surface area contributed by atoms with Crippen molar-refractivity contribution in [2.45, 2.75) is 95.3 Å². The third kappa shape index (κ3) is 9.89. The van der Waals surface area contributed by atoms with Crippen LogP contribution in [0, 0.1) is 0 Å². The molecule has 0 aliphatic rings. The number of aliphatic hydroxyl groups is 1. The number of H-pyrrole nitrogens is 1. The fraction of sp³-hybridized carbons (Fsp3) is 0.529. The zero-order valence-corrected chi connectivity index (χ0v) is 31.0. The molecule has 1 aromatic carbocycles. The second-order valence-electron chi connectivity index (χ2n) is 13.0. The second kappa shape index (κ2) is 16.2. The summed E-state index contributed by atoms with van der Waals surface area (Å²) in [5, 5.41) is 13.5. The van der Waals surface area contributed by atoms with E-state index in [-0.39, 0.29) is 23.6 Å². The van der Waals surface area contributed by atoms with Crippen LogP contribution in [0.1, 0.15) is 65.9 Å². The highest BCUT2D eigenvalue weighted by Crippen LogP contribution is 2.42. The van der Waals surface area contributed by atoms with Crippen molar-refractivity contribution in [2.24, 2.45) is 0 Å². The third-order valence-electron chi connectivity index (χ3n) is 8.30. The lowest BCUT2D eigenvalue weighted by Gasteiger charge is -2.43. The van der Waals surface area contributed by atoms with Crippen LogP contribution in [-0.4, -0.2) is 82.5 Å². The van der Waals surface area contributed by atoms with Crippen LogP contribution in [0.2, 0.25) is 16.6 Å². The van der Waals surface area contributed by atoms with Gasteiger partial charge in [-0.3, -0.25) is 4.79 Å². The summed E-state index contributed by atoms with van der Waals surface area (Å²) in [6.45, 7) is 17.3. The van der Waals surface area contributed by atoms with Crippen molar-refractivity contribution in [3.63, 3.8) is 0 Å². The average molecular weight is 690 g/mol. The van der Waals surface area contributed by atoms with Gasteiger partial charge >= 0.3 is 0 Å². The third-order valence-corrected chi connectivity index (χ3v) is 15.4. The molecule has 3 rings (SSSR count). The summed E-state index contributed by atoms with van der Waals surface area (Å²) < 4.78 is 47.6. The van der Waals surface area contributed by atoms with E-state index >= 15 is 0 Å². The van der Waals surface area contributed by atoms with Gasteiger partial charge in [-0.2, -0.15) is 0 Å². The van der Waals surface area contributed by atoms with Crippen molar-refractivity contribution in [2.75, 3.05) is 26.6 Å². The summed E-state index contributed by atoms with van der Waals surface area (Å²) in [4.78, 5) is 20.6. The fourth-order valence-corrected chi connectivity index (χ4v) is 12.1. The number of carbonyl (C=O) groups excluding carboxylic acids is 1. The Bertz CT molecular complexity index is 1550. The quantitative estimate of drug-likeness (QED) is 0.138. The first-order valence-electron chi connectivity index (χ1n) is 15.9. The zero-order valence-electron chi connectivity index (χ0n) is 29.2. The van der Waals surface area contributed by atoms with E-state index in [0.29, 0.717) is 57.4 Å². The van der Waals surface area contributed by atoms with Crippen molar-refractivity contribution in [1.29, 1.82) is 0 Å². The van der Waals surface area contributed by atoms with Gasteiger partial charge in [0.25, 0.3) is 5.91 Å². The molecule has 47 heavy (non-hydrogen) atoms. The number of aliphatic hydroxyl groups excluding tert-OH is 1. The van der Waals surface area contributed by atoms with Gasteiger partial charge in [0.05, 0.1) is 31.6 Å². The molecule has 13 heteroatoms. The number of aromatic amines is 1. The number of hydrogen-bond donors (Lipinski definition) is 3. The van der Waals surface area contributed by atoms with Gasteiger partial charge in [-0.25, -0.2) is 13.4 Å². The van der Waals surface area contributed by atoms with Crippen LogP contribution in [0.25, 0.3) is 11.3 Å². The lowest BCUT2D eigenvalue weighted by molar-refractivity contribution is 0.0761. The zero-order chi connectivity index (χ0) is 35.1. The molecular formula is C34H51N3O8SSi. The minimum atomic E-state index is -3.45. The molecule has 2 aromatic heterocycles. The molecule has 0 bridgehead atoms. The molecule has 0 aliphatic carbocycles. The van der Waals surface area contributed by atoms with Crippen LogP contribution in [0.3, 0.4) is 0 Å². The molecule has 0 aliphatic heterocycles. The average Bonchev–Trinajstić information content (AvgIpc) is 3.47. The van der Waals surface area contributed by atoms with Gasteiger partial charge in [0, 0.05) is 30.7 Å². The number of nitrogens with one attached hydrogen (secondary N) is 2. The maximum Gasteiger partial charge on any atom is 0.268 e. The maximum atomic E-state index is 13.4. The largest absolute Gasteiger partial charge is 0.488 e. The van der Waals surface area contributed by atoms with Gasteiger partial charge in [-0.05, 0) is 66.9 Å². The molecule has 0 saturated carbocycles. The van der Waals surface area contributed by atoms with Crippen LogP contribution in [-0.2, 0) is 19.0 Å². The van der Waals surface area contributed by atoms with Gasteiger partial charge in [0.2, 0.25) is 0 Å². The summed E-state index contributed by atoms with van der Waals surface area (Å²) in [5.41, 5.74) is 2.73. The van der Waals surface area contributed by atoms with E-state index in [0.717, 1.165) is 6.26 Å². The summed E-state index contributed by atoms with van der Waals surface area (Å²) in [7, 11) is -4.07. The monoisotopic (exact) mass is 689 g/mol. The number of carbonyl (C=O) groups is 1. The smallest absolute Gasteiger partial charge is 0.268 e. The summed E-state index contributed by atoms with van der Waals surface area (Å²) in [5.74, 6) is 0.882. The lowest BCUT2D eigenvalue weighted by Crippen LogP contribution is -2.53. The molecule has 3 N–H and O–H groups in total. The van der Waals surface area contributed by atoms with Gasteiger partial charge in [-0.15, -0.1) is 0 Å². The standard InChI is InChI=1S/C34H51N3O8SSi/c1-21(2)47(22(3)4,23(5)6)43-20-32(25(8)38)37-34(39)31-13-12-30(36-31)26-15-28(44-24(7)19-42-9)17-29(16-26)45-27-11-14-33(35-18-27)46(10,40)41/h11-18,21-25,32,36,38H,19-20H2,1-10H3,(H,37,39)/t24-,25+,32+/m0/s1. The molecule has 11 nitrogen and oxygen atoms in total. The van der Waals surface area contributed by atoms with E-state index in [4.69, 9.17) is 18.6 Å². The Balaban J connectivity index is 1.86. The van der Waals surface area contributed by atoms with Crippen molar-refractivity contribution in [3.05, 3.63) is 54.4 Å². The Morgan fingerprint density at radius 3 is 2.09 bits per heavy atom. The Hall–Kier alpha value is -3.23. The molecule has 0 radical (unpaired) electrons. The van der Waals surface area contributed by atoms with Crippen LogP contribution in [0.5, 0.6) is 17.2 Å². The molecule has 0 spiro atoms. The molecule has 260 valence electrons. The Morgan fingerprint density at radius 2 is 1.55 bits per heavy atom. The highest BCUT2D eigenvalue weighted by molar-refractivity contribution is 7.90. The van der Waals surface area contributed by atoms with Crippen LogP contribution < -0.4 is 14.8 Å². The number of benzene rings is 1. The summed E-state index contributed by atoms with van der Waals surface area (Å²) in [6.07, 6.45) is 1.35. The summed E-state index contributed by atoms with van der Waals surface area (Å²) >= 11 is 0. The van der Waals surface area contributed by atoms with Crippen LogP contribution >= 0.6 is 0 Å². The number of hydrogen-bond acceptors (Lipinski definition) is 9. The summed E-state index contributed by atoms with van der Waals surface area (Å²) in [6, 6.07) is 11.1. The number of pyridine rings is 1. The van der Waals surface area contributed by atoms with Crippen molar-refractivity contribution >= 4 is 24.1 Å². The van der Waals surface area contributed by atoms with Crippen molar-refractivity contribution in [1.82, 2.24) is 15.3 Å². The van der Waals surface area contributed by atoms with Crippen LogP contribution in [0.15, 0.2) is 53.7 Å². The number of methoxy groups -OCH3 is 1. The van der Waals surface area contributed by atoms with Crippen LogP contribution in [0.4, 0.5) is 0 Å². The molecule has 0 saturated heterocycles. The van der Waals surface area contributed by atoms with Crippen molar-refractivity contribution < 1.29 is 37.0 Å². The molecule has 3 aromatic rings. The normalized spacial score (nSPS) is 14.3. The van der Waals surface area contributed by atoms with E-state index in [1.165, 1.54) is 18.3 Å². The maximum absolute atomic E-state index is 13.4. The van der Waals surface area contributed by atoms with Crippen molar-refractivity contribution in [3.8, 4) is 28.5 Å². The van der Waals surface area contributed by atoms with Gasteiger partial charge in [-0.1, -0.05) is 41.5 Å². The molecule has 0 fully saturated rings. The first-order valence-corrected chi connectivity index (χ1v) is 20.0. The molecular weight excluding hydrogens is 639 g/mol. The molecule has 3 atom stereocenters. The van der Waals surface area contributed by atoms with E-state index in [1.54, 1.807) is 38.3 Å². The van der Waals surface area contributed by atoms with E-state index in [1.807, 2.05) is 13.0 Å². The van der Waals surface area contributed by atoms with Gasteiger partial charge in [0.1, 0.15) is 29.0 Å². The number of amides is 1. The van der Waals surface area contributed by atoms with E-state index in [9.17, 15) is 18.3 Å². The Kier molecular flexibility index (Phi) is 13.2. The highest BCUT2D eigenvalue weighted by atomic mass is 32.2. The second-order valence-corrected chi connectivity index (χ2v) is 20.4. The Morgan fingerprint density at radius 1 is 0.915 bits per heavy atom. The van der Waals surface area contributed by atoms with Gasteiger partial charge in [0.15, 0.2) is 23.2 Å². The van der Waals surface area contributed by atoms with E-state index in [2.05, 4.69) is 56.8 Å². The first-order chi connectivity index (χ1) is 22.0. The number of ether oxygens (including phenoxy) is 3. The topological polar surface area (TPSA) is 149 Å². The molecule has 2 heterocycles.